The Hall–Kier alpha value is -2.73. The highest BCUT2D eigenvalue weighted by atomic mass is 28.4. The van der Waals surface area contributed by atoms with E-state index in [1.807, 2.05) is 0 Å². The van der Waals surface area contributed by atoms with Crippen molar-refractivity contribution in [1.29, 1.82) is 0 Å². The summed E-state index contributed by atoms with van der Waals surface area (Å²) in [6, 6.07) is 31.9. The molecule has 516 valence electrons. The molecule has 0 aromatic heterocycles. The van der Waals surface area contributed by atoms with Crippen LogP contribution in [0.1, 0.15) is 373 Å². The van der Waals surface area contributed by atoms with Crippen LogP contribution >= 0.6 is 0 Å². The van der Waals surface area contributed by atoms with Gasteiger partial charge in [0.25, 0.3) is 0 Å². The number of benzene rings is 4. The minimum atomic E-state index is -2.93. The molecule has 3 heteroatoms. The molecule has 4 aromatic rings. The van der Waals surface area contributed by atoms with Crippen LogP contribution in [0.5, 0.6) is 0 Å². The molecular formula is C88H150OSi2. The highest BCUT2D eigenvalue weighted by Crippen LogP contribution is 2.46. The van der Waals surface area contributed by atoms with E-state index in [0.717, 1.165) is 51.4 Å². The van der Waals surface area contributed by atoms with E-state index >= 15 is 0 Å². The average molecular weight is 1280 g/mol. The van der Waals surface area contributed by atoms with E-state index < -0.39 is 18.1 Å². The summed E-state index contributed by atoms with van der Waals surface area (Å²) in [5, 5.41) is 5.96. The molecule has 0 fully saturated rings. The number of hydrogen-bond acceptors (Lipinski definition) is 1. The van der Waals surface area contributed by atoms with E-state index in [0.29, 0.717) is 0 Å². The maximum Gasteiger partial charge on any atom is 0.229 e. The first kappa shape index (κ1) is 80.7. The topological polar surface area (TPSA) is 9.23 Å². The Morgan fingerprint density at radius 2 is 0.330 bits per heavy atom. The van der Waals surface area contributed by atoms with Crippen molar-refractivity contribution in [2.75, 3.05) is 0 Å². The maximum absolute atomic E-state index is 9.61. The zero-order valence-corrected chi connectivity index (χ0v) is 70.5. The summed E-state index contributed by atoms with van der Waals surface area (Å²) in [5.41, 5.74) is 11.3. The van der Waals surface area contributed by atoms with Crippen LogP contribution in [0.2, 0.25) is 0 Å². The van der Waals surface area contributed by atoms with Crippen molar-refractivity contribution in [3.63, 3.8) is 0 Å². The zero-order valence-electron chi connectivity index (χ0n) is 68.1. The maximum atomic E-state index is 9.61. The predicted octanol–water partition coefficient (Wildman–Crippen LogP) is 23.8. The summed E-state index contributed by atoms with van der Waals surface area (Å²) in [5.74, 6) is 0. The fourth-order valence-corrected chi connectivity index (χ4v) is 27.9. The Balaban J connectivity index is 2.72. The van der Waals surface area contributed by atoms with Crippen LogP contribution in [0.15, 0.2) is 72.8 Å². The molecule has 0 N–H and O–H groups in total. The second-order valence-electron chi connectivity index (χ2n) is 45.1. The fraction of sp³-hybridized carbons (Fsp3) is 0.727. The lowest BCUT2D eigenvalue weighted by atomic mass is 9.69. The third-order valence-electron chi connectivity index (χ3n) is 19.4. The van der Waals surface area contributed by atoms with E-state index in [1.165, 1.54) is 65.3 Å². The summed E-state index contributed by atoms with van der Waals surface area (Å²) in [6.07, 6.45) is 8.48. The summed E-state index contributed by atoms with van der Waals surface area (Å²) >= 11 is 0. The summed E-state index contributed by atoms with van der Waals surface area (Å²) in [6.45, 7) is 99.6. The van der Waals surface area contributed by atoms with E-state index in [4.69, 9.17) is 0 Å². The highest BCUT2D eigenvalue weighted by Gasteiger charge is 2.45. The van der Waals surface area contributed by atoms with Gasteiger partial charge >= 0.3 is 0 Å². The van der Waals surface area contributed by atoms with Gasteiger partial charge < -0.3 is 4.12 Å². The van der Waals surface area contributed by atoms with E-state index in [2.05, 4.69) is 350 Å². The second kappa shape index (κ2) is 26.6. The van der Waals surface area contributed by atoms with Gasteiger partial charge in [0.15, 0.2) is 0 Å². The van der Waals surface area contributed by atoms with Crippen molar-refractivity contribution in [3.8, 4) is 0 Å². The normalized spacial score (nSPS) is 15.0. The number of rotatable bonds is 22. The van der Waals surface area contributed by atoms with Gasteiger partial charge in [0.2, 0.25) is 18.1 Å². The van der Waals surface area contributed by atoms with Crippen LogP contribution in [-0.4, -0.2) is 18.1 Å². The average Bonchev–Trinajstić information content (AvgIpc) is 0.743. The van der Waals surface area contributed by atoms with Crippen LogP contribution in [0.4, 0.5) is 0 Å². The van der Waals surface area contributed by atoms with Crippen LogP contribution in [0, 0.1) is 43.3 Å². The first-order valence-corrected chi connectivity index (χ1v) is 39.5. The first-order chi connectivity index (χ1) is 40.0. The van der Waals surface area contributed by atoms with E-state index in [9.17, 15) is 4.12 Å². The van der Waals surface area contributed by atoms with Crippen molar-refractivity contribution in [1.82, 2.24) is 0 Å². The van der Waals surface area contributed by atoms with Gasteiger partial charge in [-0.2, -0.15) is 0 Å². The largest absolute Gasteiger partial charge is 0.446 e. The van der Waals surface area contributed by atoms with Gasteiger partial charge in [-0.1, -0.05) is 350 Å². The fourth-order valence-electron chi connectivity index (χ4n) is 19.4. The molecule has 4 aromatic carbocycles. The SMILES string of the molecule is CC(C)(C)CC(C)(C)c1ccc(C(C)(C)CC(C)(C)C)c([SiH](O[SiH](c2cc(C(C)(C)CC(C)(C)C)ccc2C(C)(C)CC(C)(C)C)c2cc(C(C)(C)CC(C)(C)C)ccc2C(C)(C)CC(C)(C)C)c2cc(C(C)(C)CC(C)(C)C)ccc2C(C)(C)CC(C)(C)C)c1. The van der Waals surface area contributed by atoms with Gasteiger partial charge in [0.05, 0.1) is 0 Å². The predicted molar refractivity (Wildman–Crippen MR) is 416 cm³/mol. The van der Waals surface area contributed by atoms with Gasteiger partial charge in [0, 0.05) is 0 Å². The minimum absolute atomic E-state index is 0.0819. The molecular weight excluding hydrogens is 1130 g/mol. The third-order valence-corrected chi connectivity index (χ3v) is 25.8. The Bertz CT molecular complexity index is 2670. The van der Waals surface area contributed by atoms with Crippen LogP contribution in [0.3, 0.4) is 0 Å². The van der Waals surface area contributed by atoms with E-state index in [-0.39, 0.29) is 86.6 Å². The molecule has 4 rings (SSSR count). The summed E-state index contributed by atoms with van der Waals surface area (Å²) < 4.78 is 9.61. The molecule has 0 bridgehead atoms. The molecule has 0 aliphatic heterocycles. The summed E-state index contributed by atoms with van der Waals surface area (Å²) in [7, 11) is -5.85. The van der Waals surface area contributed by atoms with Gasteiger partial charge in [-0.3, -0.25) is 0 Å². The van der Waals surface area contributed by atoms with Crippen molar-refractivity contribution in [2.24, 2.45) is 43.3 Å². The molecule has 0 saturated carbocycles. The molecule has 0 aliphatic rings. The zero-order chi connectivity index (χ0) is 70.9. The highest BCUT2D eigenvalue weighted by molar-refractivity contribution is 6.92. The molecule has 0 aliphatic carbocycles. The minimum Gasteiger partial charge on any atom is -0.446 e. The Morgan fingerprint density at radius 3 is 0.462 bits per heavy atom. The van der Waals surface area contributed by atoms with E-state index in [1.54, 1.807) is 0 Å². The molecule has 91 heavy (non-hydrogen) atoms. The van der Waals surface area contributed by atoms with Crippen molar-refractivity contribution >= 4 is 38.8 Å². The lowest BCUT2D eigenvalue weighted by Crippen LogP contribution is -2.61. The van der Waals surface area contributed by atoms with Crippen molar-refractivity contribution in [2.45, 2.75) is 372 Å². The van der Waals surface area contributed by atoms with Crippen LogP contribution < -0.4 is 20.7 Å². The lowest BCUT2D eigenvalue weighted by Gasteiger charge is -2.43. The van der Waals surface area contributed by atoms with Crippen molar-refractivity contribution < 1.29 is 4.12 Å². The first-order valence-electron chi connectivity index (χ1n) is 36.2. The summed E-state index contributed by atoms with van der Waals surface area (Å²) in [4.78, 5) is 0. The van der Waals surface area contributed by atoms with Crippen molar-refractivity contribution in [3.05, 3.63) is 117 Å². The number of hydrogen-bond donors (Lipinski definition) is 0. The molecule has 0 amide bonds. The molecule has 0 atom stereocenters. The molecule has 0 unspecified atom stereocenters. The van der Waals surface area contributed by atoms with Gasteiger partial charge in [0.1, 0.15) is 0 Å². The Kier molecular flexibility index (Phi) is 23.6. The lowest BCUT2D eigenvalue weighted by molar-refractivity contribution is 0.280. The monoisotopic (exact) mass is 1280 g/mol. The standard InChI is InChI=1S/C88H150OSi2/c1-73(2,3)53-81(25,26)61-41-45-65(85(33,34)57-77(13,14)15)69(49-61)90(70-50-62(82(27,28)54-74(4,5)6)42-46-66(70)86(35,36)58-78(16,17)18)89-91(71-51-63(83(29,30)55-75(7,8)9)43-47-67(71)87(37,38)59-79(19,20)21)72-52-64(84(31,32)56-76(10,11)12)44-48-68(72)88(39,40)60-80(22,23)24/h41-52,90-91H,53-60H2,1-40H3. The van der Waals surface area contributed by atoms with Gasteiger partial charge in [-0.05, 0) is 203 Å². The van der Waals surface area contributed by atoms with Crippen LogP contribution in [-0.2, 0) is 47.4 Å². The smallest absolute Gasteiger partial charge is 0.229 e. The third kappa shape index (κ3) is 23.2. The Morgan fingerprint density at radius 1 is 0.198 bits per heavy atom. The van der Waals surface area contributed by atoms with Gasteiger partial charge in [-0.15, -0.1) is 0 Å². The molecule has 1 nitrogen and oxygen atoms in total. The Labute approximate surface area is 571 Å². The molecule has 0 saturated heterocycles. The quantitative estimate of drug-likeness (QED) is 0.0713. The molecule has 0 heterocycles. The van der Waals surface area contributed by atoms with Gasteiger partial charge in [-0.25, -0.2) is 0 Å². The van der Waals surface area contributed by atoms with Crippen LogP contribution in [0.25, 0.3) is 0 Å². The second-order valence-corrected chi connectivity index (χ2v) is 50.2. The molecule has 0 spiro atoms. The molecule has 0 radical (unpaired) electrons.